The number of anilines is 2. The first-order valence-electron chi connectivity index (χ1n) is 16.7. The van der Waals surface area contributed by atoms with Crippen LogP contribution >= 0.6 is 11.6 Å². The normalized spacial score (nSPS) is 18.0. The van der Waals surface area contributed by atoms with Gasteiger partial charge in [-0.2, -0.15) is 22.7 Å². The van der Waals surface area contributed by atoms with E-state index >= 15 is 0 Å². The fourth-order valence-electron chi connectivity index (χ4n) is 7.01. The molecule has 2 N–H and O–H groups in total. The van der Waals surface area contributed by atoms with Gasteiger partial charge in [0, 0.05) is 43.3 Å². The fourth-order valence-corrected chi connectivity index (χ4v) is 8.48. The average molecular weight is 784 g/mol. The molecule has 2 saturated heterocycles. The van der Waals surface area contributed by atoms with Crippen LogP contribution in [0.4, 0.5) is 24.7 Å². The summed E-state index contributed by atoms with van der Waals surface area (Å²) in [6.07, 6.45) is -0.583. The van der Waals surface area contributed by atoms with Gasteiger partial charge in [-0.1, -0.05) is 11.6 Å². The lowest BCUT2D eigenvalue weighted by Gasteiger charge is -2.38. The van der Waals surface area contributed by atoms with Crippen molar-refractivity contribution in [2.75, 3.05) is 35.0 Å². The Balaban J connectivity index is 1.15. The number of rotatable bonds is 6. The number of nitrogens with zero attached hydrogens (tertiary/aromatic N) is 8. The molecule has 1 aromatic carbocycles. The summed E-state index contributed by atoms with van der Waals surface area (Å²) in [5.41, 5.74) is -1.84. The van der Waals surface area contributed by atoms with Crippen molar-refractivity contribution in [1.29, 1.82) is 0 Å². The van der Waals surface area contributed by atoms with Gasteiger partial charge in [-0.15, -0.1) is 5.10 Å². The maximum atomic E-state index is 14.3. The van der Waals surface area contributed by atoms with E-state index in [1.54, 1.807) is 16.4 Å². The highest BCUT2D eigenvalue weighted by molar-refractivity contribution is 7.86. The Bertz CT molecular complexity index is 2420. The van der Waals surface area contributed by atoms with Crippen molar-refractivity contribution in [3.8, 4) is 17.1 Å². The number of aromatic hydroxyl groups is 1. The van der Waals surface area contributed by atoms with E-state index in [-0.39, 0.29) is 71.9 Å². The molecule has 280 valence electrons. The topological polar surface area (TPSA) is 177 Å². The smallest absolute Gasteiger partial charge is 0.416 e. The van der Waals surface area contributed by atoms with E-state index in [2.05, 4.69) is 25.4 Å². The van der Waals surface area contributed by atoms with Crippen molar-refractivity contribution in [1.82, 2.24) is 34.0 Å². The highest BCUT2D eigenvalue weighted by Gasteiger charge is 2.48. The third kappa shape index (κ3) is 6.24. The number of nitrogens with one attached hydrogen (secondary N) is 1. The van der Waals surface area contributed by atoms with Crippen molar-refractivity contribution < 1.29 is 36.8 Å². The lowest BCUT2D eigenvalue weighted by molar-refractivity contribution is -0.137. The van der Waals surface area contributed by atoms with Crippen LogP contribution in [0.1, 0.15) is 46.6 Å². The molecule has 20 heteroatoms. The fraction of sp³-hybridized carbons (Fsp3) is 0.324. The number of ether oxygens (including phenoxy) is 1. The molecule has 4 aromatic heterocycles. The van der Waals surface area contributed by atoms with Gasteiger partial charge < -0.3 is 24.6 Å². The number of alkyl halides is 3. The van der Waals surface area contributed by atoms with Gasteiger partial charge in [0.25, 0.3) is 11.5 Å². The minimum Gasteiger partial charge on any atom is -0.505 e. The minimum absolute atomic E-state index is 0.00831. The molecule has 2 amide bonds. The zero-order valence-electron chi connectivity index (χ0n) is 28.0. The standard InChI is InChI=1S/C34H29ClF3N9O6S/c35-21-15-20(34(36,37)38)5-6-22(21)41-26(49)17-45-23-18-53-33(8-12-44(13-9-33)31(51)28-24(48)3-1-10-39-28)27(23)30(50)47-32(45)42-29(43-47)19-4-7-25(40-16-19)46-11-2-14-54(46)52/h1,3-7,10,15-16,48H,2,8-9,11-14,17-18H2,(H,41,49). The number of piperidine rings is 1. The van der Waals surface area contributed by atoms with Crippen LogP contribution in [0.25, 0.3) is 17.2 Å². The van der Waals surface area contributed by atoms with Crippen LogP contribution in [0.3, 0.4) is 0 Å². The van der Waals surface area contributed by atoms with Crippen molar-refractivity contribution in [2.45, 2.75) is 44.2 Å². The van der Waals surface area contributed by atoms with E-state index in [9.17, 15) is 36.9 Å². The van der Waals surface area contributed by atoms with Crippen LogP contribution < -0.4 is 15.2 Å². The zero-order chi connectivity index (χ0) is 37.9. The number of benzene rings is 1. The lowest BCUT2D eigenvalue weighted by Crippen LogP contribution is -2.47. The monoisotopic (exact) mass is 783 g/mol. The molecule has 54 heavy (non-hydrogen) atoms. The first-order valence-corrected chi connectivity index (χ1v) is 18.4. The molecule has 0 aliphatic carbocycles. The number of amides is 2. The summed E-state index contributed by atoms with van der Waals surface area (Å²) in [4.78, 5) is 55.7. The molecule has 1 spiro atoms. The number of hydrogen-bond acceptors (Lipinski definition) is 10. The van der Waals surface area contributed by atoms with Crippen molar-refractivity contribution in [3.05, 3.63) is 92.7 Å². The van der Waals surface area contributed by atoms with Crippen LogP contribution in [0.2, 0.25) is 5.02 Å². The van der Waals surface area contributed by atoms with Gasteiger partial charge in [-0.25, -0.2) is 14.2 Å². The third-order valence-corrected chi connectivity index (χ3v) is 11.5. The summed E-state index contributed by atoms with van der Waals surface area (Å²) in [7, 11) is -1.18. The molecule has 1 unspecified atom stereocenters. The predicted octanol–water partition coefficient (Wildman–Crippen LogP) is 3.90. The molecule has 0 radical (unpaired) electrons. The van der Waals surface area contributed by atoms with Crippen LogP contribution in [-0.4, -0.2) is 80.5 Å². The molecule has 1 atom stereocenters. The van der Waals surface area contributed by atoms with Gasteiger partial charge in [0.1, 0.15) is 34.7 Å². The van der Waals surface area contributed by atoms with E-state index in [4.69, 9.17) is 16.3 Å². The molecular formula is C34H29ClF3N9O6S. The largest absolute Gasteiger partial charge is 0.505 e. The second kappa shape index (κ2) is 13.5. The SMILES string of the molecule is O=C(Cn1c2c(c(=O)n3nc(-c4ccc(N5CCCS5=O)nc4)nc13)C1(CCN(C(=O)c3ncccc3O)CC1)OC2)Nc1ccc(C(F)(F)F)cc1Cl. The lowest BCUT2D eigenvalue weighted by atomic mass is 9.85. The van der Waals surface area contributed by atoms with E-state index in [0.29, 0.717) is 35.4 Å². The molecule has 0 saturated carbocycles. The molecule has 8 rings (SSSR count). The number of halogens is 4. The Morgan fingerprint density at radius 1 is 1.09 bits per heavy atom. The first-order chi connectivity index (χ1) is 25.8. The molecule has 7 heterocycles. The molecule has 3 aliphatic heterocycles. The molecule has 3 aliphatic rings. The highest BCUT2D eigenvalue weighted by Crippen LogP contribution is 2.43. The van der Waals surface area contributed by atoms with Gasteiger partial charge in [-0.05, 0) is 61.7 Å². The highest BCUT2D eigenvalue weighted by atomic mass is 35.5. The first kappa shape index (κ1) is 35.6. The van der Waals surface area contributed by atoms with E-state index in [0.717, 1.165) is 23.1 Å². The second-order valence-corrected chi connectivity index (χ2v) is 14.8. The van der Waals surface area contributed by atoms with Crippen LogP contribution in [-0.2, 0) is 45.4 Å². The van der Waals surface area contributed by atoms with E-state index in [1.165, 1.54) is 34.0 Å². The third-order valence-electron chi connectivity index (χ3n) is 9.70. The maximum Gasteiger partial charge on any atom is 0.416 e. The Labute approximate surface area is 310 Å². The van der Waals surface area contributed by atoms with Crippen molar-refractivity contribution in [3.63, 3.8) is 0 Å². The van der Waals surface area contributed by atoms with Gasteiger partial charge in [0.2, 0.25) is 11.7 Å². The number of carbonyl (C=O) groups is 2. The Morgan fingerprint density at radius 2 is 1.89 bits per heavy atom. The van der Waals surface area contributed by atoms with Crippen LogP contribution in [0.15, 0.2) is 59.7 Å². The van der Waals surface area contributed by atoms with Crippen molar-refractivity contribution >= 4 is 51.7 Å². The number of pyridine rings is 2. The van der Waals surface area contributed by atoms with Gasteiger partial charge in [-0.3, -0.25) is 18.7 Å². The molecular weight excluding hydrogens is 755 g/mol. The number of aromatic nitrogens is 6. The molecule has 2 fully saturated rings. The maximum absolute atomic E-state index is 14.3. The number of carbonyl (C=O) groups excluding carboxylic acids is 2. The van der Waals surface area contributed by atoms with Gasteiger partial charge >= 0.3 is 6.18 Å². The van der Waals surface area contributed by atoms with Gasteiger partial charge in [0.15, 0.2) is 11.5 Å². The summed E-state index contributed by atoms with van der Waals surface area (Å²) in [5.74, 6) is -0.268. The summed E-state index contributed by atoms with van der Waals surface area (Å²) in [5, 5.41) is 16.9. The number of fused-ring (bicyclic) bond motifs is 3. The molecule has 15 nitrogen and oxygen atoms in total. The van der Waals surface area contributed by atoms with Crippen molar-refractivity contribution in [2.24, 2.45) is 0 Å². The predicted molar refractivity (Wildman–Crippen MR) is 188 cm³/mol. The summed E-state index contributed by atoms with van der Waals surface area (Å²) < 4.78 is 62.6. The molecule has 0 bridgehead atoms. The summed E-state index contributed by atoms with van der Waals surface area (Å²) >= 11 is 6.12. The van der Waals surface area contributed by atoms with Crippen LogP contribution in [0, 0.1) is 0 Å². The van der Waals surface area contributed by atoms with Gasteiger partial charge in [0.05, 0.1) is 34.1 Å². The summed E-state index contributed by atoms with van der Waals surface area (Å²) in [6, 6.07) is 8.79. The Morgan fingerprint density at radius 3 is 2.56 bits per heavy atom. The number of likely N-dealkylation sites (tertiary alicyclic amines) is 1. The molecule has 5 aromatic rings. The number of hydrogen-bond donors (Lipinski definition) is 2. The quantitative estimate of drug-likeness (QED) is 0.257. The summed E-state index contributed by atoms with van der Waals surface area (Å²) in [6.45, 7) is 0.346. The Kier molecular flexibility index (Phi) is 8.89. The van der Waals surface area contributed by atoms with E-state index in [1.807, 2.05) is 0 Å². The minimum atomic E-state index is -4.64. The second-order valence-electron chi connectivity index (χ2n) is 12.9. The Hall–Kier alpha value is -5.40. The zero-order valence-corrected chi connectivity index (χ0v) is 29.6. The van der Waals surface area contributed by atoms with Crippen LogP contribution in [0.5, 0.6) is 5.75 Å². The van der Waals surface area contributed by atoms with E-state index < -0.39 is 52.2 Å². The average Bonchev–Trinajstić information content (AvgIpc) is 3.89.